The molecule has 0 spiro atoms. The third-order valence-electron chi connectivity index (χ3n) is 2.73. The number of amides is 1. The van der Waals surface area contributed by atoms with Gasteiger partial charge in [-0.05, 0) is 17.7 Å². The highest BCUT2D eigenvalue weighted by atomic mass is 19.1. The molecule has 0 unspecified atom stereocenters. The largest absolute Gasteiger partial charge is 0.481 e. The molecule has 2 rings (SSSR count). The van der Waals surface area contributed by atoms with E-state index in [1.165, 1.54) is 12.1 Å². The Morgan fingerprint density at radius 3 is 2.57 bits per heavy atom. The van der Waals surface area contributed by atoms with Crippen molar-refractivity contribution in [2.45, 2.75) is 19.4 Å². The molecule has 0 aliphatic rings. The molecule has 7 heteroatoms. The molecule has 110 valence electrons. The fourth-order valence-electron chi connectivity index (χ4n) is 1.72. The van der Waals surface area contributed by atoms with Gasteiger partial charge in [0.05, 0.1) is 13.0 Å². The number of nitrogens with zero attached hydrogens (tertiary/aromatic N) is 2. The second-order valence-corrected chi connectivity index (χ2v) is 4.47. The maximum absolute atomic E-state index is 12.8. The lowest BCUT2D eigenvalue weighted by Crippen LogP contribution is -2.14. The molecule has 6 nitrogen and oxygen atoms in total. The molecule has 0 saturated heterocycles. The van der Waals surface area contributed by atoms with Crippen LogP contribution in [-0.4, -0.2) is 26.8 Å². The number of aromatic nitrogens is 2. The number of hydrogen-bond donors (Lipinski definition) is 2. The summed E-state index contributed by atoms with van der Waals surface area (Å²) in [5, 5.41) is 15.1. The van der Waals surface area contributed by atoms with E-state index < -0.39 is 11.9 Å². The Bertz CT molecular complexity index is 637. The van der Waals surface area contributed by atoms with E-state index in [1.807, 2.05) is 0 Å². The standard InChI is InChI=1S/C14H14FN3O3/c15-11-3-1-10(2-4-11)9-18-8-7-12(17-18)16-13(19)5-6-14(20)21/h1-4,7-8H,5-6,9H2,(H,20,21)(H,16,17,19). The number of rotatable bonds is 6. The van der Waals surface area contributed by atoms with Crippen molar-refractivity contribution in [3.05, 3.63) is 47.9 Å². The van der Waals surface area contributed by atoms with E-state index in [1.54, 1.807) is 29.1 Å². The molecule has 2 aromatic rings. The summed E-state index contributed by atoms with van der Waals surface area (Å²) in [4.78, 5) is 21.8. The van der Waals surface area contributed by atoms with E-state index in [2.05, 4.69) is 10.4 Å². The normalized spacial score (nSPS) is 10.3. The quantitative estimate of drug-likeness (QED) is 0.851. The number of anilines is 1. The number of carboxylic acid groups (broad SMARTS) is 1. The minimum absolute atomic E-state index is 0.0971. The second kappa shape index (κ2) is 6.65. The molecule has 1 heterocycles. The van der Waals surface area contributed by atoms with E-state index in [0.29, 0.717) is 12.4 Å². The SMILES string of the molecule is O=C(O)CCC(=O)Nc1ccn(Cc2ccc(F)cc2)n1. The van der Waals surface area contributed by atoms with Gasteiger partial charge < -0.3 is 10.4 Å². The lowest BCUT2D eigenvalue weighted by molar-refractivity contribution is -0.138. The van der Waals surface area contributed by atoms with Gasteiger partial charge in [0.2, 0.25) is 5.91 Å². The number of carboxylic acids is 1. The van der Waals surface area contributed by atoms with Crippen molar-refractivity contribution < 1.29 is 19.1 Å². The summed E-state index contributed by atoms with van der Waals surface area (Å²) in [7, 11) is 0. The van der Waals surface area contributed by atoms with Crippen LogP contribution < -0.4 is 5.32 Å². The molecule has 1 aromatic carbocycles. The fraction of sp³-hybridized carbons (Fsp3) is 0.214. The number of benzene rings is 1. The van der Waals surface area contributed by atoms with Gasteiger partial charge >= 0.3 is 5.97 Å². The van der Waals surface area contributed by atoms with Crippen molar-refractivity contribution in [1.82, 2.24) is 9.78 Å². The zero-order valence-corrected chi connectivity index (χ0v) is 11.1. The van der Waals surface area contributed by atoms with E-state index in [0.717, 1.165) is 5.56 Å². The monoisotopic (exact) mass is 291 g/mol. The lowest BCUT2D eigenvalue weighted by Gasteiger charge is -2.02. The van der Waals surface area contributed by atoms with Crippen LogP contribution in [0.15, 0.2) is 36.5 Å². The van der Waals surface area contributed by atoms with E-state index in [-0.39, 0.29) is 18.7 Å². The van der Waals surface area contributed by atoms with Gasteiger partial charge in [-0.15, -0.1) is 0 Å². The summed E-state index contributed by atoms with van der Waals surface area (Å²) in [6.45, 7) is 0.450. The summed E-state index contributed by atoms with van der Waals surface area (Å²) in [6.07, 6.45) is 1.36. The molecular weight excluding hydrogens is 277 g/mol. The molecule has 0 aliphatic heterocycles. The van der Waals surface area contributed by atoms with Crippen molar-refractivity contribution in [1.29, 1.82) is 0 Å². The van der Waals surface area contributed by atoms with Gasteiger partial charge in [-0.1, -0.05) is 12.1 Å². The highest BCUT2D eigenvalue weighted by Crippen LogP contribution is 2.08. The van der Waals surface area contributed by atoms with Crippen LogP contribution in [0.5, 0.6) is 0 Å². The van der Waals surface area contributed by atoms with Crippen molar-refractivity contribution in [2.75, 3.05) is 5.32 Å². The van der Waals surface area contributed by atoms with Crippen LogP contribution in [0, 0.1) is 5.82 Å². The van der Waals surface area contributed by atoms with Gasteiger partial charge in [0.25, 0.3) is 0 Å². The molecule has 0 fully saturated rings. The number of carbonyl (C=O) groups excluding carboxylic acids is 1. The molecule has 1 aromatic heterocycles. The Labute approximate surface area is 120 Å². The van der Waals surface area contributed by atoms with Crippen LogP contribution in [0.25, 0.3) is 0 Å². The Balaban J connectivity index is 1.90. The van der Waals surface area contributed by atoms with Gasteiger partial charge in [-0.2, -0.15) is 5.10 Å². The zero-order chi connectivity index (χ0) is 15.2. The summed E-state index contributed by atoms with van der Waals surface area (Å²) in [5.74, 6) is -1.37. The minimum atomic E-state index is -1.02. The minimum Gasteiger partial charge on any atom is -0.481 e. The summed E-state index contributed by atoms with van der Waals surface area (Å²) in [6, 6.07) is 7.66. The Kier molecular flexibility index (Phi) is 4.65. The Hall–Kier alpha value is -2.70. The second-order valence-electron chi connectivity index (χ2n) is 4.47. The molecule has 21 heavy (non-hydrogen) atoms. The fourth-order valence-corrected chi connectivity index (χ4v) is 1.72. The van der Waals surface area contributed by atoms with Crippen LogP contribution in [0.1, 0.15) is 18.4 Å². The topological polar surface area (TPSA) is 84.2 Å². The molecule has 0 atom stereocenters. The summed E-state index contributed by atoms with van der Waals surface area (Å²) in [5.41, 5.74) is 0.878. The number of carbonyl (C=O) groups is 2. The first-order valence-electron chi connectivity index (χ1n) is 6.32. The lowest BCUT2D eigenvalue weighted by atomic mass is 10.2. The number of hydrogen-bond acceptors (Lipinski definition) is 3. The van der Waals surface area contributed by atoms with E-state index in [4.69, 9.17) is 5.11 Å². The third kappa shape index (κ3) is 4.72. The number of nitrogens with one attached hydrogen (secondary N) is 1. The van der Waals surface area contributed by atoms with Crippen molar-refractivity contribution in [3.63, 3.8) is 0 Å². The predicted molar refractivity (Wildman–Crippen MR) is 73.2 cm³/mol. The van der Waals surface area contributed by atoms with Crippen LogP contribution in [-0.2, 0) is 16.1 Å². The third-order valence-corrected chi connectivity index (χ3v) is 2.73. The van der Waals surface area contributed by atoms with Crippen molar-refractivity contribution >= 4 is 17.7 Å². The molecule has 2 N–H and O–H groups in total. The molecule has 0 radical (unpaired) electrons. The van der Waals surface area contributed by atoms with Crippen molar-refractivity contribution in [2.24, 2.45) is 0 Å². The number of halogens is 1. The molecule has 0 bridgehead atoms. The maximum Gasteiger partial charge on any atom is 0.303 e. The molecular formula is C14H14FN3O3. The zero-order valence-electron chi connectivity index (χ0n) is 11.1. The van der Waals surface area contributed by atoms with Gasteiger partial charge in [-0.3, -0.25) is 14.3 Å². The van der Waals surface area contributed by atoms with Gasteiger partial charge in [0.15, 0.2) is 5.82 Å². The van der Waals surface area contributed by atoms with Gasteiger partial charge in [-0.25, -0.2) is 4.39 Å². The highest BCUT2D eigenvalue weighted by Gasteiger charge is 2.07. The first-order chi connectivity index (χ1) is 10.0. The first kappa shape index (κ1) is 14.7. The smallest absolute Gasteiger partial charge is 0.303 e. The Morgan fingerprint density at radius 2 is 1.90 bits per heavy atom. The van der Waals surface area contributed by atoms with Gasteiger partial charge in [0.1, 0.15) is 5.82 Å². The summed E-state index contributed by atoms with van der Waals surface area (Å²) < 4.78 is 14.4. The van der Waals surface area contributed by atoms with E-state index in [9.17, 15) is 14.0 Å². The molecule has 1 amide bonds. The molecule has 0 saturated carbocycles. The molecule has 0 aliphatic carbocycles. The van der Waals surface area contributed by atoms with Crippen LogP contribution in [0.4, 0.5) is 10.2 Å². The van der Waals surface area contributed by atoms with Crippen molar-refractivity contribution in [3.8, 4) is 0 Å². The average Bonchev–Trinajstić information content (AvgIpc) is 2.86. The van der Waals surface area contributed by atoms with Crippen LogP contribution in [0.3, 0.4) is 0 Å². The Morgan fingerprint density at radius 1 is 1.19 bits per heavy atom. The number of aliphatic carboxylic acids is 1. The maximum atomic E-state index is 12.8. The first-order valence-corrected chi connectivity index (χ1v) is 6.32. The van der Waals surface area contributed by atoms with Gasteiger partial charge in [0, 0.05) is 18.7 Å². The summed E-state index contributed by atoms with van der Waals surface area (Å²) >= 11 is 0. The van der Waals surface area contributed by atoms with Crippen LogP contribution >= 0.6 is 0 Å². The predicted octanol–water partition coefficient (Wildman–Crippen LogP) is 1.87. The van der Waals surface area contributed by atoms with Crippen LogP contribution in [0.2, 0.25) is 0 Å². The average molecular weight is 291 g/mol. The highest BCUT2D eigenvalue weighted by molar-refractivity contribution is 5.91. The van der Waals surface area contributed by atoms with E-state index >= 15 is 0 Å².